The number of sulfone groups is 1. The fourth-order valence-corrected chi connectivity index (χ4v) is 3.30. The van der Waals surface area contributed by atoms with E-state index < -0.39 is 9.84 Å². The molecule has 0 amide bonds. The highest BCUT2D eigenvalue weighted by molar-refractivity contribution is 7.98. The van der Waals surface area contributed by atoms with Gasteiger partial charge in [-0.05, 0) is 46.8 Å². The third-order valence-corrected chi connectivity index (χ3v) is 5.10. The third kappa shape index (κ3) is 3.74. The van der Waals surface area contributed by atoms with Crippen LogP contribution >= 0.6 is 11.8 Å². The summed E-state index contributed by atoms with van der Waals surface area (Å²) in [6.07, 6.45) is 2.91. The quantitative estimate of drug-likeness (QED) is 0.649. The number of nitrogens with zero attached hydrogens (tertiary/aromatic N) is 5. The lowest BCUT2D eigenvalue weighted by atomic mass is 10.3. The van der Waals surface area contributed by atoms with Gasteiger partial charge in [0, 0.05) is 12.5 Å². The van der Waals surface area contributed by atoms with Gasteiger partial charge in [0.05, 0.1) is 21.4 Å². The molecule has 0 unspecified atom stereocenters. The minimum absolute atomic E-state index is 0.263. The topological polar surface area (TPSA) is 90.6 Å². The second kappa shape index (κ2) is 6.47. The SMILES string of the molecule is CS(=O)(=O)c1ccc(-n2nnnc2CSc2ccccn2)cc1. The van der Waals surface area contributed by atoms with Gasteiger partial charge < -0.3 is 0 Å². The molecule has 0 aliphatic heterocycles. The lowest BCUT2D eigenvalue weighted by Gasteiger charge is -2.05. The number of aromatic nitrogens is 5. The van der Waals surface area contributed by atoms with Crippen LogP contribution in [0.25, 0.3) is 5.69 Å². The Kier molecular flexibility index (Phi) is 4.39. The first-order chi connectivity index (χ1) is 11.0. The molecule has 3 aromatic rings. The van der Waals surface area contributed by atoms with E-state index in [0.29, 0.717) is 17.3 Å². The Morgan fingerprint density at radius 3 is 2.57 bits per heavy atom. The number of hydrogen-bond donors (Lipinski definition) is 0. The van der Waals surface area contributed by atoms with Crippen molar-refractivity contribution in [1.29, 1.82) is 0 Å². The predicted molar refractivity (Wildman–Crippen MR) is 86.1 cm³/mol. The number of benzene rings is 1. The van der Waals surface area contributed by atoms with Crippen molar-refractivity contribution >= 4 is 21.6 Å². The molecular weight excluding hydrogens is 334 g/mol. The molecule has 9 heteroatoms. The van der Waals surface area contributed by atoms with Crippen LogP contribution in [0.3, 0.4) is 0 Å². The Hall–Kier alpha value is -2.26. The fourth-order valence-electron chi connectivity index (χ4n) is 1.90. The molecule has 2 aromatic heterocycles. The summed E-state index contributed by atoms with van der Waals surface area (Å²) in [5, 5.41) is 12.6. The van der Waals surface area contributed by atoms with Gasteiger partial charge in [-0.25, -0.2) is 13.4 Å². The van der Waals surface area contributed by atoms with E-state index in [1.807, 2.05) is 18.2 Å². The number of rotatable bonds is 5. The molecule has 0 aliphatic rings. The maximum absolute atomic E-state index is 11.5. The monoisotopic (exact) mass is 347 g/mol. The Morgan fingerprint density at radius 1 is 1.13 bits per heavy atom. The molecule has 0 N–H and O–H groups in total. The summed E-state index contributed by atoms with van der Waals surface area (Å²) < 4.78 is 24.6. The van der Waals surface area contributed by atoms with Gasteiger partial charge in [-0.15, -0.1) is 5.10 Å². The largest absolute Gasteiger partial charge is 0.250 e. The zero-order chi connectivity index (χ0) is 16.3. The van der Waals surface area contributed by atoms with Gasteiger partial charge in [-0.2, -0.15) is 4.68 Å². The summed E-state index contributed by atoms with van der Waals surface area (Å²) in [7, 11) is -3.22. The van der Waals surface area contributed by atoms with Crippen molar-refractivity contribution in [3.63, 3.8) is 0 Å². The van der Waals surface area contributed by atoms with E-state index in [9.17, 15) is 8.42 Å². The number of hydrogen-bond acceptors (Lipinski definition) is 7. The lowest BCUT2D eigenvalue weighted by molar-refractivity contribution is 0.602. The zero-order valence-electron chi connectivity index (χ0n) is 12.2. The average Bonchev–Trinajstić information content (AvgIpc) is 3.02. The van der Waals surface area contributed by atoms with Crippen molar-refractivity contribution in [3.05, 3.63) is 54.5 Å². The van der Waals surface area contributed by atoms with Gasteiger partial charge in [0.15, 0.2) is 15.7 Å². The minimum Gasteiger partial charge on any atom is -0.250 e. The summed E-state index contributed by atoms with van der Waals surface area (Å²) in [4.78, 5) is 4.50. The highest BCUT2D eigenvalue weighted by Crippen LogP contribution is 2.20. The summed E-state index contributed by atoms with van der Waals surface area (Å²) in [5.74, 6) is 1.21. The minimum atomic E-state index is -3.22. The van der Waals surface area contributed by atoms with Crippen molar-refractivity contribution in [2.24, 2.45) is 0 Å². The smallest absolute Gasteiger partial charge is 0.175 e. The number of thioether (sulfide) groups is 1. The van der Waals surface area contributed by atoms with Gasteiger partial charge >= 0.3 is 0 Å². The summed E-state index contributed by atoms with van der Waals surface area (Å²) >= 11 is 1.52. The van der Waals surface area contributed by atoms with Crippen molar-refractivity contribution in [2.45, 2.75) is 15.7 Å². The fraction of sp³-hybridized carbons (Fsp3) is 0.143. The van der Waals surface area contributed by atoms with Crippen LogP contribution < -0.4 is 0 Å². The van der Waals surface area contributed by atoms with Crippen LogP contribution in [-0.2, 0) is 15.6 Å². The van der Waals surface area contributed by atoms with E-state index in [2.05, 4.69) is 20.5 Å². The zero-order valence-corrected chi connectivity index (χ0v) is 13.8. The van der Waals surface area contributed by atoms with Crippen LogP contribution in [0.1, 0.15) is 5.82 Å². The summed E-state index contributed by atoms with van der Waals surface area (Å²) in [5.41, 5.74) is 0.707. The highest BCUT2D eigenvalue weighted by Gasteiger charge is 2.11. The first-order valence-electron chi connectivity index (χ1n) is 6.65. The molecule has 118 valence electrons. The molecule has 0 fully saturated rings. The molecule has 2 heterocycles. The van der Waals surface area contributed by atoms with Gasteiger partial charge in [0.2, 0.25) is 0 Å². The normalized spacial score (nSPS) is 11.5. The number of tetrazole rings is 1. The molecule has 7 nitrogen and oxygen atoms in total. The molecule has 0 saturated carbocycles. The van der Waals surface area contributed by atoms with E-state index >= 15 is 0 Å². The van der Waals surface area contributed by atoms with Crippen LogP contribution in [0.2, 0.25) is 0 Å². The Balaban J connectivity index is 1.80. The van der Waals surface area contributed by atoms with Crippen LogP contribution in [0, 0.1) is 0 Å². The molecule has 0 aliphatic carbocycles. The highest BCUT2D eigenvalue weighted by atomic mass is 32.2. The summed E-state index contributed by atoms with van der Waals surface area (Å²) in [6, 6.07) is 12.1. The van der Waals surface area contributed by atoms with Crippen molar-refractivity contribution in [2.75, 3.05) is 6.26 Å². The van der Waals surface area contributed by atoms with E-state index in [1.165, 1.54) is 18.0 Å². The lowest BCUT2D eigenvalue weighted by Crippen LogP contribution is -2.03. The van der Waals surface area contributed by atoms with Gasteiger partial charge in [0.1, 0.15) is 0 Å². The molecule has 0 radical (unpaired) electrons. The molecular formula is C14H13N5O2S2. The molecule has 23 heavy (non-hydrogen) atoms. The maximum Gasteiger partial charge on any atom is 0.175 e. The van der Waals surface area contributed by atoms with E-state index in [0.717, 1.165) is 5.03 Å². The Bertz CT molecular complexity index is 892. The average molecular weight is 347 g/mol. The molecule has 0 bridgehead atoms. The molecule has 1 aromatic carbocycles. The van der Waals surface area contributed by atoms with Crippen LogP contribution in [0.5, 0.6) is 0 Å². The van der Waals surface area contributed by atoms with Crippen LogP contribution in [0.4, 0.5) is 0 Å². The molecule has 0 atom stereocenters. The second-order valence-electron chi connectivity index (χ2n) is 4.73. The molecule has 3 rings (SSSR count). The van der Waals surface area contributed by atoms with E-state index in [4.69, 9.17) is 0 Å². The van der Waals surface area contributed by atoms with E-state index in [-0.39, 0.29) is 4.90 Å². The molecule has 0 saturated heterocycles. The standard InChI is InChI=1S/C14H13N5O2S2/c1-23(20,21)12-7-5-11(6-8-12)19-13(16-17-18-19)10-22-14-4-2-3-9-15-14/h2-9H,10H2,1H3. The summed E-state index contributed by atoms with van der Waals surface area (Å²) in [6.45, 7) is 0. The van der Waals surface area contributed by atoms with Gasteiger partial charge in [-0.1, -0.05) is 17.8 Å². The van der Waals surface area contributed by atoms with Crippen molar-refractivity contribution in [1.82, 2.24) is 25.2 Å². The van der Waals surface area contributed by atoms with Crippen molar-refractivity contribution in [3.8, 4) is 5.69 Å². The first kappa shape index (κ1) is 15.6. The predicted octanol–water partition coefficient (Wildman–Crippen LogP) is 1.75. The van der Waals surface area contributed by atoms with Crippen molar-refractivity contribution < 1.29 is 8.42 Å². The van der Waals surface area contributed by atoms with Crippen LogP contribution in [-0.4, -0.2) is 39.9 Å². The maximum atomic E-state index is 11.5. The number of pyridine rings is 1. The molecule has 0 spiro atoms. The van der Waals surface area contributed by atoms with E-state index in [1.54, 1.807) is 35.1 Å². The van der Waals surface area contributed by atoms with Gasteiger partial charge in [-0.3, -0.25) is 0 Å². The van der Waals surface area contributed by atoms with Crippen LogP contribution in [0.15, 0.2) is 58.6 Å². The first-order valence-corrected chi connectivity index (χ1v) is 9.53. The Labute approximate surface area is 137 Å². The van der Waals surface area contributed by atoms with Gasteiger partial charge in [0.25, 0.3) is 0 Å². The Morgan fingerprint density at radius 2 is 1.91 bits per heavy atom. The second-order valence-corrected chi connectivity index (χ2v) is 7.74. The third-order valence-electron chi connectivity index (χ3n) is 3.03.